The quantitative estimate of drug-likeness (QED) is 0.400. The Labute approximate surface area is 184 Å². The summed E-state index contributed by atoms with van der Waals surface area (Å²) in [6.45, 7) is 0. The number of nitrogens with one attached hydrogen (secondary N) is 1. The van der Waals surface area contributed by atoms with Gasteiger partial charge in [0.15, 0.2) is 6.10 Å². The molecule has 0 aliphatic carbocycles. The van der Waals surface area contributed by atoms with Crippen LogP contribution in [0.1, 0.15) is 17.2 Å². The molecule has 0 fully saturated rings. The van der Waals surface area contributed by atoms with E-state index in [1.807, 2.05) is 0 Å². The molecule has 7 nitrogen and oxygen atoms in total. The smallest absolute Gasteiger partial charge is 0.383 e. The Bertz CT molecular complexity index is 1370. The molecule has 1 atom stereocenters. The Hall–Kier alpha value is -3.99. The molecule has 11 heteroatoms. The highest BCUT2D eigenvalue weighted by Crippen LogP contribution is 2.42. The van der Waals surface area contributed by atoms with E-state index in [4.69, 9.17) is 5.73 Å². The first-order valence-corrected chi connectivity index (χ1v) is 9.57. The standard InChI is InChI=1S/C22H17F4N5O2/c1-31-9-15(17-19(27)28-10-29-20(17)31)14-6-5-13(8-16(14)22(24,25)26)30-21(33)18(32)11-3-2-4-12(23)7-11/h2-10,18,32H,1H3,(H,30,33)(H2,27,28,29)/t18-/m1/s1. The fraction of sp³-hybridized carbons (Fsp3) is 0.136. The lowest BCUT2D eigenvalue weighted by Crippen LogP contribution is -2.21. The molecule has 2 heterocycles. The number of aliphatic hydroxyl groups is 1. The Morgan fingerprint density at radius 1 is 1.15 bits per heavy atom. The van der Waals surface area contributed by atoms with Gasteiger partial charge in [-0.25, -0.2) is 14.4 Å². The van der Waals surface area contributed by atoms with Crippen LogP contribution in [0.2, 0.25) is 0 Å². The van der Waals surface area contributed by atoms with Crippen molar-refractivity contribution in [1.29, 1.82) is 0 Å². The summed E-state index contributed by atoms with van der Waals surface area (Å²) in [4.78, 5) is 20.3. The van der Waals surface area contributed by atoms with Crippen molar-refractivity contribution >= 4 is 28.4 Å². The Morgan fingerprint density at radius 3 is 2.61 bits per heavy atom. The maximum atomic E-state index is 14.0. The van der Waals surface area contributed by atoms with Gasteiger partial charge in [-0.15, -0.1) is 0 Å². The number of alkyl halides is 3. The molecule has 0 saturated heterocycles. The number of benzene rings is 2. The number of amides is 1. The average molecular weight is 459 g/mol. The Kier molecular flexibility index (Phi) is 5.50. The molecule has 0 spiro atoms. The SMILES string of the molecule is Cn1cc(-c2ccc(NC(=O)[C@H](O)c3cccc(F)c3)cc2C(F)(F)F)c2c(N)ncnc21. The number of nitrogens with zero attached hydrogens (tertiary/aromatic N) is 3. The molecular weight excluding hydrogens is 442 g/mol. The summed E-state index contributed by atoms with van der Waals surface area (Å²) in [5, 5.41) is 12.7. The zero-order valence-corrected chi connectivity index (χ0v) is 17.1. The van der Waals surface area contributed by atoms with Crippen molar-refractivity contribution < 1.29 is 27.5 Å². The van der Waals surface area contributed by atoms with Gasteiger partial charge in [0.1, 0.15) is 23.6 Å². The van der Waals surface area contributed by atoms with Crippen LogP contribution in [0.4, 0.5) is 29.1 Å². The molecule has 4 rings (SSSR count). The number of halogens is 4. The maximum absolute atomic E-state index is 14.0. The predicted octanol–water partition coefficient (Wildman–Crippen LogP) is 4.05. The first-order chi connectivity index (χ1) is 15.6. The van der Waals surface area contributed by atoms with E-state index in [1.165, 1.54) is 41.4 Å². The van der Waals surface area contributed by atoms with Crippen LogP contribution in [0.3, 0.4) is 0 Å². The lowest BCUT2D eigenvalue weighted by atomic mass is 9.98. The van der Waals surface area contributed by atoms with Crippen molar-refractivity contribution in [3.63, 3.8) is 0 Å². The normalized spacial score (nSPS) is 12.7. The number of hydrogen-bond acceptors (Lipinski definition) is 5. The lowest BCUT2D eigenvalue weighted by Gasteiger charge is -2.16. The first kappa shape index (κ1) is 22.2. The number of aryl methyl sites for hydroxylation is 1. The second kappa shape index (κ2) is 8.17. The summed E-state index contributed by atoms with van der Waals surface area (Å²) in [5.41, 5.74) is 5.00. The van der Waals surface area contributed by atoms with Crippen molar-refractivity contribution in [2.75, 3.05) is 11.1 Å². The average Bonchev–Trinajstić information content (AvgIpc) is 3.10. The molecule has 2 aromatic carbocycles. The predicted molar refractivity (Wildman–Crippen MR) is 113 cm³/mol. The van der Waals surface area contributed by atoms with Crippen LogP contribution in [0.15, 0.2) is 55.0 Å². The number of hydrogen-bond donors (Lipinski definition) is 3. The molecule has 0 aliphatic heterocycles. The van der Waals surface area contributed by atoms with Gasteiger partial charge < -0.3 is 20.7 Å². The van der Waals surface area contributed by atoms with Crippen molar-refractivity contribution in [2.45, 2.75) is 12.3 Å². The van der Waals surface area contributed by atoms with E-state index in [2.05, 4.69) is 15.3 Å². The molecule has 33 heavy (non-hydrogen) atoms. The molecule has 170 valence electrons. The molecule has 1 amide bonds. The Morgan fingerprint density at radius 2 is 1.91 bits per heavy atom. The van der Waals surface area contributed by atoms with Gasteiger partial charge in [0.25, 0.3) is 5.91 Å². The topological polar surface area (TPSA) is 106 Å². The van der Waals surface area contributed by atoms with Gasteiger partial charge in [-0.3, -0.25) is 4.79 Å². The van der Waals surface area contributed by atoms with E-state index in [-0.39, 0.29) is 33.6 Å². The number of anilines is 2. The van der Waals surface area contributed by atoms with Crippen LogP contribution in [-0.4, -0.2) is 25.5 Å². The third-order valence-corrected chi connectivity index (χ3v) is 5.08. The number of nitrogens with two attached hydrogens (primary N) is 1. The summed E-state index contributed by atoms with van der Waals surface area (Å²) in [6.07, 6.45) is -3.87. The number of aliphatic hydroxyl groups excluding tert-OH is 1. The summed E-state index contributed by atoms with van der Waals surface area (Å²) < 4.78 is 56.8. The van der Waals surface area contributed by atoms with Gasteiger partial charge in [0.05, 0.1) is 10.9 Å². The van der Waals surface area contributed by atoms with E-state index in [0.29, 0.717) is 5.65 Å². The van der Waals surface area contributed by atoms with Gasteiger partial charge in [-0.05, 0) is 35.4 Å². The number of nitrogen functional groups attached to an aromatic ring is 1. The summed E-state index contributed by atoms with van der Waals surface area (Å²) in [7, 11) is 1.62. The molecule has 0 aliphatic rings. The highest BCUT2D eigenvalue weighted by molar-refractivity contribution is 6.02. The number of carbonyl (C=O) groups excluding carboxylic acids is 1. The van der Waals surface area contributed by atoms with Gasteiger partial charge in [-0.1, -0.05) is 18.2 Å². The molecule has 4 N–H and O–H groups in total. The third kappa shape index (κ3) is 4.22. The molecule has 0 saturated carbocycles. The minimum atomic E-state index is -4.77. The fourth-order valence-corrected chi connectivity index (χ4v) is 3.57. The lowest BCUT2D eigenvalue weighted by molar-refractivity contribution is -0.137. The fourth-order valence-electron chi connectivity index (χ4n) is 3.57. The molecule has 4 aromatic rings. The highest BCUT2D eigenvalue weighted by atomic mass is 19.4. The van der Waals surface area contributed by atoms with Gasteiger partial charge >= 0.3 is 6.18 Å². The van der Waals surface area contributed by atoms with Gasteiger partial charge in [-0.2, -0.15) is 13.2 Å². The molecule has 0 unspecified atom stereocenters. The minimum Gasteiger partial charge on any atom is -0.383 e. The second-order valence-electron chi connectivity index (χ2n) is 7.32. The molecular formula is C22H17F4N5O2. The van der Waals surface area contributed by atoms with E-state index in [9.17, 15) is 27.5 Å². The third-order valence-electron chi connectivity index (χ3n) is 5.08. The van der Waals surface area contributed by atoms with Crippen LogP contribution in [0.25, 0.3) is 22.2 Å². The largest absolute Gasteiger partial charge is 0.417 e. The summed E-state index contributed by atoms with van der Waals surface area (Å²) in [5.74, 6) is -1.65. The number of aromatic nitrogens is 3. The molecule has 0 bridgehead atoms. The van der Waals surface area contributed by atoms with Crippen molar-refractivity contribution in [3.8, 4) is 11.1 Å². The number of carbonyl (C=O) groups is 1. The van der Waals surface area contributed by atoms with E-state index in [0.717, 1.165) is 18.2 Å². The van der Waals surface area contributed by atoms with E-state index < -0.39 is 29.6 Å². The van der Waals surface area contributed by atoms with Crippen LogP contribution in [-0.2, 0) is 18.0 Å². The van der Waals surface area contributed by atoms with Gasteiger partial charge in [0, 0.05) is 24.5 Å². The zero-order chi connectivity index (χ0) is 23.9. The van der Waals surface area contributed by atoms with Crippen molar-refractivity contribution in [2.24, 2.45) is 7.05 Å². The first-order valence-electron chi connectivity index (χ1n) is 9.57. The van der Waals surface area contributed by atoms with Crippen LogP contribution in [0, 0.1) is 5.82 Å². The highest BCUT2D eigenvalue weighted by Gasteiger charge is 2.35. The van der Waals surface area contributed by atoms with Crippen LogP contribution < -0.4 is 11.1 Å². The minimum absolute atomic E-state index is 0.0271. The Balaban J connectivity index is 1.74. The molecule has 0 radical (unpaired) electrons. The monoisotopic (exact) mass is 459 g/mol. The summed E-state index contributed by atoms with van der Waals surface area (Å²) in [6, 6.07) is 7.93. The zero-order valence-electron chi connectivity index (χ0n) is 17.1. The second-order valence-corrected chi connectivity index (χ2v) is 7.32. The maximum Gasteiger partial charge on any atom is 0.417 e. The van der Waals surface area contributed by atoms with Crippen molar-refractivity contribution in [3.05, 3.63) is 71.9 Å². The number of rotatable bonds is 4. The molecule has 2 aromatic heterocycles. The van der Waals surface area contributed by atoms with Crippen LogP contribution in [0.5, 0.6) is 0 Å². The number of fused-ring (bicyclic) bond motifs is 1. The summed E-state index contributed by atoms with van der Waals surface area (Å²) >= 11 is 0. The van der Waals surface area contributed by atoms with Gasteiger partial charge in [0.2, 0.25) is 0 Å². The van der Waals surface area contributed by atoms with E-state index >= 15 is 0 Å². The van der Waals surface area contributed by atoms with Crippen molar-refractivity contribution in [1.82, 2.24) is 14.5 Å². The van der Waals surface area contributed by atoms with Crippen LogP contribution >= 0.6 is 0 Å². The van der Waals surface area contributed by atoms with E-state index in [1.54, 1.807) is 7.05 Å².